The highest BCUT2D eigenvalue weighted by Crippen LogP contribution is 2.07. The Balaban J connectivity index is 1.94. The molecule has 0 atom stereocenters. The summed E-state index contributed by atoms with van der Waals surface area (Å²) in [6, 6.07) is 5.21. The molecule has 0 saturated heterocycles. The predicted octanol–water partition coefficient (Wildman–Crippen LogP) is 1.17. The molecule has 0 spiro atoms. The maximum atomic E-state index is 11.6. The number of pyridine rings is 1. The zero-order chi connectivity index (χ0) is 11.4. The van der Waals surface area contributed by atoms with Gasteiger partial charge in [-0.3, -0.25) is 9.78 Å². The number of carbonyl (C=O) groups is 1. The van der Waals surface area contributed by atoms with E-state index in [0.717, 1.165) is 10.0 Å². The van der Waals surface area contributed by atoms with Gasteiger partial charge in [0.05, 0.1) is 6.54 Å². The first kappa shape index (κ1) is 10.7. The highest BCUT2D eigenvalue weighted by atomic mass is 32.1. The van der Waals surface area contributed by atoms with Gasteiger partial charge in [-0.1, -0.05) is 17.4 Å². The van der Waals surface area contributed by atoms with Crippen LogP contribution in [-0.4, -0.2) is 21.1 Å². The van der Waals surface area contributed by atoms with Crippen molar-refractivity contribution in [3.63, 3.8) is 0 Å². The molecule has 0 aliphatic rings. The maximum absolute atomic E-state index is 11.6. The molecular formula is C10H10N4OS. The second-order valence-corrected chi connectivity index (χ2v) is 4.38. The van der Waals surface area contributed by atoms with Crippen LogP contribution in [0.25, 0.3) is 0 Å². The van der Waals surface area contributed by atoms with E-state index in [1.54, 1.807) is 24.4 Å². The lowest BCUT2D eigenvalue weighted by Crippen LogP contribution is -2.23. The molecule has 0 fully saturated rings. The van der Waals surface area contributed by atoms with Crippen LogP contribution in [-0.2, 0) is 6.54 Å². The smallest absolute Gasteiger partial charge is 0.270 e. The van der Waals surface area contributed by atoms with Gasteiger partial charge in [0.1, 0.15) is 15.7 Å². The van der Waals surface area contributed by atoms with Crippen LogP contribution in [0.4, 0.5) is 0 Å². The van der Waals surface area contributed by atoms with Crippen LogP contribution in [0, 0.1) is 6.92 Å². The Hall–Kier alpha value is -1.82. The van der Waals surface area contributed by atoms with Crippen molar-refractivity contribution in [3.8, 4) is 0 Å². The zero-order valence-corrected chi connectivity index (χ0v) is 9.49. The number of hydrogen-bond acceptors (Lipinski definition) is 5. The molecule has 2 aromatic heterocycles. The minimum Gasteiger partial charge on any atom is -0.344 e. The van der Waals surface area contributed by atoms with Crippen LogP contribution in [0.15, 0.2) is 24.4 Å². The Morgan fingerprint density at radius 2 is 2.31 bits per heavy atom. The van der Waals surface area contributed by atoms with Crippen LogP contribution >= 0.6 is 11.3 Å². The van der Waals surface area contributed by atoms with E-state index in [1.165, 1.54) is 11.3 Å². The predicted molar refractivity (Wildman–Crippen MR) is 60.1 cm³/mol. The summed E-state index contributed by atoms with van der Waals surface area (Å²) >= 11 is 1.47. The van der Waals surface area contributed by atoms with E-state index in [0.29, 0.717) is 12.2 Å². The van der Waals surface area contributed by atoms with E-state index in [9.17, 15) is 4.79 Å². The standard InChI is InChI=1S/C10H10N4OS/c1-7-13-14-9(16-7)6-12-10(15)8-4-2-3-5-11-8/h2-5H,6H2,1H3,(H,12,15). The van der Waals surface area contributed by atoms with Crippen molar-refractivity contribution in [1.29, 1.82) is 0 Å². The van der Waals surface area contributed by atoms with Gasteiger partial charge in [0.2, 0.25) is 0 Å². The third-order valence-electron chi connectivity index (χ3n) is 1.87. The van der Waals surface area contributed by atoms with Gasteiger partial charge in [-0.05, 0) is 19.1 Å². The van der Waals surface area contributed by atoms with E-state index in [2.05, 4.69) is 20.5 Å². The Bertz CT molecular complexity index is 483. The second kappa shape index (κ2) is 4.80. The number of nitrogens with one attached hydrogen (secondary N) is 1. The largest absolute Gasteiger partial charge is 0.344 e. The summed E-state index contributed by atoms with van der Waals surface area (Å²) in [7, 11) is 0. The molecule has 2 rings (SSSR count). The number of aryl methyl sites for hydroxylation is 1. The van der Waals surface area contributed by atoms with Crippen molar-refractivity contribution in [2.75, 3.05) is 0 Å². The lowest BCUT2D eigenvalue weighted by atomic mass is 10.3. The maximum Gasteiger partial charge on any atom is 0.270 e. The van der Waals surface area contributed by atoms with Crippen molar-refractivity contribution in [2.45, 2.75) is 13.5 Å². The fraction of sp³-hybridized carbons (Fsp3) is 0.200. The van der Waals surface area contributed by atoms with Gasteiger partial charge in [-0.25, -0.2) is 0 Å². The first-order chi connectivity index (χ1) is 7.75. The van der Waals surface area contributed by atoms with Crippen molar-refractivity contribution in [1.82, 2.24) is 20.5 Å². The van der Waals surface area contributed by atoms with Crippen LogP contribution in [0.5, 0.6) is 0 Å². The number of amides is 1. The fourth-order valence-corrected chi connectivity index (χ4v) is 1.80. The summed E-state index contributed by atoms with van der Waals surface area (Å²) < 4.78 is 0. The topological polar surface area (TPSA) is 67.8 Å². The summed E-state index contributed by atoms with van der Waals surface area (Å²) in [5.41, 5.74) is 0.406. The normalized spacial score (nSPS) is 10.1. The van der Waals surface area contributed by atoms with Gasteiger partial charge < -0.3 is 5.32 Å². The van der Waals surface area contributed by atoms with E-state index in [1.807, 2.05) is 6.92 Å². The van der Waals surface area contributed by atoms with Gasteiger partial charge in [0.15, 0.2) is 0 Å². The van der Waals surface area contributed by atoms with Crippen LogP contribution in [0.1, 0.15) is 20.5 Å². The third-order valence-corrected chi connectivity index (χ3v) is 2.70. The molecule has 1 amide bonds. The lowest BCUT2D eigenvalue weighted by Gasteiger charge is -2.00. The summed E-state index contributed by atoms with van der Waals surface area (Å²) in [5.74, 6) is -0.201. The summed E-state index contributed by atoms with van der Waals surface area (Å²) in [6.45, 7) is 2.27. The van der Waals surface area contributed by atoms with E-state index in [4.69, 9.17) is 0 Å². The molecule has 16 heavy (non-hydrogen) atoms. The third kappa shape index (κ3) is 2.60. The first-order valence-electron chi connectivity index (χ1n) is 4.74. The molecule has 0 saturated carbocycles. The molecule has 0 unspecified atom stereocenters. The molecular weight excluding hydrogens is 224 g/mol. The summed E-state index contributed by atoms with van der Waals surface area (Å²) in [5, 5.41) is 12.2. The molecule has 0 radical (unpaired) electrons. The van der Waals surface area contributed by atoms with E-state index < -0.39 is 0 Å². The number of aromatic nitrogens is 3. The minimum atomic E-state index is -0.201. The van der Waals surface area contributed by atoms with Gasteiger partial charge in [-0.15, -0.1) is 10.2 Å². The molecule has 0 aliphatic carbocycles. The quantitative estimate of drug-likeness (QED) is 0.865. The molecule has 5 nitrogen and oxygen atoms in total. The minimum absolute atomic E-state index is 0.201. The van der Waals surface area contributed by atoms with Crippen molar-refractivity contribution < 1.29 is 4.79 Å². The Morgan fingerprint density at radius 3 is 2.94 bits per heavy atom. The van der Waals surface area contributed by atoms with E-state index in [-0.39, 0.29) is 5.91 Å². The van der Waals surface area contributed by atoms with Gasteiger partial charge >= 0.3 is 0 Å². The molecule has 2 aromatic rings. The van der Waals surface area contributed by atoms with Gasteiger partial charge in [0, 0.05) is 6.20 Å². The lowest BCUT2D eigenvalue weighted by molar-refractivity contribution is 0.0946. The second-order valence-electron chi connectivity index (χ2n) is 3.11. The highest BCUT2D eigenvalue weighted by molar-refractivity contribution is 7.11. The number of hydrogen-bond donors (Lipinski definition) is 1. The molecule has 0 bridgehead atoms. The Labute approximate surface area is 96.6 Å². The number of nitrogens with zero attached hydrogens (tertiary/aromatic N) is 3. The molecule has 6 heteroatoms. The van der Waals surface area contributed by atoms with Crippen LogP contribution in [0.2, 0.25) is 0 Å². The molecule has 0 aliphatic heterocycles. The van der Waals surface area contributed by atoms with E-state index >= 15 is 0 Å². The highest BCUT2D eigenvalue weighted by Gasteiger charge is 2.07. The monoisotopic (exact) mass is 234 g/mol. The SMILES string of the molecule is Cc1nnc(CNC(=O)c2ccccn2)s1. The van der Waals surface area contributed by atoms with Gasteiger partial charge in [0.25, 0.3) is 5.91 Å². The average Bonchev–Trinajstić information content (AvgIpc) is 2.73. The zero-order valence-electron chi connectivity index (χ0n) is 8.67. The average molecular weight is 234 g/mol. The molecule has 1 N–H and O–H groups in total. The number of rotatable bonds is 3. The van der Waals surface area contributed by atoms with Crippen molar-refractivity contribution in [3.05, 3.63) is 40.1 Å². The van der Waals surface area contributed by atoms with Crippen molar-refractivity contribution in [2.24, 2.45) is 0 Å². The molecule has 2 heterocycles. The van der Waals surface area contributed by atoms with Crippen LogP contribution in [0.3, 0.4) is 0 Å². The molecule has 82 valence electrons. The number of carbonyl (C=O) groups excluding carboxylic acids is 1. The molecule has 0 aromatic carbocycles. The summed E-state index contributed by atoms with van der Waals surface area (Å²) in [4.78, 5) is 15.6. The Kier molecular flexibility index (Phi) is 3.21. The Morgan fingerprint density at radius 1 is 1.44 bits per heavy atom. The van der Waals surface area contributed by atoms with Gasteiger partial charge in [-0.2, -0.15) is 0 Å². The van der Waals surface area contributed by atoms with Crippen LogP contribution < -0.4 is 5.32 Å². The summed E-state index contributed by atoms with van der Waals surface area (Å²) in [6.07, 6.45) is 1.59. The first-order valence-corrected chi connectivity index (χ1v) is 5.55. The van der Waals surface area contributed by atoms with Crippen molar-refractivity contribution >= 4 is 17.2 Å². The fourth-order valence-electron chi connectivity index (χ4n) is 1.15.